The fraction of sp³-hybridized carbons (Fsp3) is 0.417. The molecule has 0 atom stereocenters. The van der Waals surface area contributed by atoms with Gasteiger partial charge in [0.25, 0.3) is 5.03 Å². The molecule has 0 saturated carbocycles. The number of hydrogen-bond donors (Lipinski definition) is 2. The van der Waals surface area contributed by atoms with Crippen LogP contribution in [0.5, 0.6) is 0 Å². The quantitative estimate of drug-likeness (QED) is 0.493. The van der Waals surface area contributed by atoms with Crippen LogP contribution in [0.4, 0.5) is 4.79 Å². The van der Waals surface area contributed by atoms with Gasteiger partial charge in [0.05, 0.1) is 5.75 Å². The van der Waals surface area contributed by atoms with Crippen molar-refractivity contribution in [1.29, 1.82) is 0 Å². The van der Waals surface area contributed by atoms with Crippen LogP contribution < -0.4 is 15.4 Å². The Kier molecular flexibility index (Phi) is 5.17. The number of imide groups is 1. The second-order valence-electron chi connectivity index (χ2n) is 4.91. The molecule has 1 aromatic rings. The van der Waals surface area contributed by atoms with Gasteiger partial charge in [0, 0.05) is 17.7 Å². The number of nitrogens with one attached hydrogen (secondary N) is 2. The molecule has 3 amide bonds. The monoisotopic (exact) mass is 283 g/mol. The molecule has 7 heteroatoms. The molecule has 104 valence electrons. The molecule has 0 aromatic carbocycles. The number of aromatic nitrogens is 1. The lowest BCUT2D eigenvalue weighted by Crippen LogP contribution is -2.48. The van der Waals surface area contributed by atoms with E-state index in [2.05, 4.69) is 10.6 Å². The lowest BCUT2D eigenvalue weighted by Gasteiger charge is -2.20. The summed E-state index contributed by atoms with van der Waals surface area (Å²) in [7, 11) is 0. The lowest BCUT2D eigenvalue weighted by molar-refractivity contribution is -0.645. The van der Waals surface area contributed by atoms with Gasteiger partial charge >= 0.3 is 6.03 Å². The third-order valence-electron chi connectivity index (χ3n) is 1.88. The molecule has 0 bridgehead atoms. The van der Waals surface area contributed by atoms with Crippen molar-refractivity contribution in [3.63, 3.8) is 0 Å². The smallest absolute Gasteiger partial charge is 0.321 e. The normalized spacial score (nSPS) is 10.9. The summed E-state index contributed by atoms with van der Waals surface area (Å²) in [5.74, 6) is -0.445. The van der Waals surface area contributed by atoms with Gasteiger partial charge in [-0.1, -0.05) is 0 Å². The van der Waals surface area contributed by atoms with Crippen molar-refractivity contribution in [2.45, 2.75) is 31.3 Å². The van der Waals surface area contributed by atoms with E-state index in [0.717, 1.165) is 11.8 Å². The SMILES string of the molecule is CC(C)(C)NC(=O)NC(=O)CSc1cccc[n+]1[O-]. The number of rotatable bonds is 3. The van der Waals surface area contributed by atoms with Crippen molar-refractivity contribution in [2.24, 2.45) is 0 Å². The van der Waals surface area contributed by atoms with Crippen LogP contribution >= 0.6 is 11.8 Å². The average Bonchev–Trinajstić information content (AvgIpc) is 2.25. The van der Waals surface area contributed by atoms with Gasteiger partial charge in [0.1, 0.15) is 0 Å². The number of hydrogen-bond acceptors (Lipinski definition) is 4. The summed E-state index contributed by atoms with van der Waals surface area (Å²) >= 11 is 1.07. The summed E-state index contributed by atoms with van der Waals surface area (Å²) in [6, 6.07) is 4.39. The standard InChI is InChI=1S/C12H17N3O3S/c1-12(2,3)14-11(17)13-9(16)8-19-10-6-4-5-7-15(10)18/h4-7H,8H2,1-3H3,(H2,13,14,16,17). The fourth-order valence-corrected chi connectivity index (χ4v) is 1.91. The van der Waals surface area contributed by atoms with Gasteiger partial charge in [-0.2, -0.15) is 4.73 Å². The Hall–Kier alpha value is -1.76. The van der Waals surface area contributed by atoms with Crippen molar-refractivity contribution in [3.8, 4) is 0 Å². The van der Waals surface area contributed by atoms with Crippen LogP contribution in [-0.4, -0.2) is 23.2 Å². The molecule has 0 aliphatic heterocycles. The van der Waals surface area contributed by atoms with Gasteiger partial charge in [-0.05, 0) is 38.6 Å². The highest BCUT2D eigenvalue weighted by Crippen LogP contribution is 2.11. The Morgan fingerprint density at radius 3 is 2.63 bits per heavy atom. The molecule has 0 aliphatic carbocycles. The second-order valence-corrected chi connectivity index (χ2v) is 5.90. The first-order chi connectivity index (χ1) is 8.78. The molecule has 0 aliphatic rings. The predicted molar refractivity (Wildman–Crippen MR) is 72.6 cm³/mol. The zero-order valence-corrected chi connectivity index (χ0v) is 11.9. The number of pyridine rings is 1. The molecule has 1 aromatic heterocycles. The first-order valence-corrected chi connectivity index (χ1v) is 6.69. The minimum absolute atomic E-state index is 0.00379. The maximum absolute atomic E-state index is 11.5. The minimum atomic E-state index is -0.541. The van der Waals surface area contributed by atoms with Crippen LogP contribution in [0.3, 0.4) is 0 Å². The van der Waals surface area contributed by atoms with E-state index in [4.69, 9.17) is 0 Å². The summed E-state index contributed by atoms with van der Waals surface area (Å²) in [5, 5.41) is 16.6. The van der Waals surface area contributed by atoms with E-state index in [-0.39, 0.29) is 5.75 Å². The third-order valence-corrected chi connectivity index (χ3v) is 2.90. The highest BCUT2D eigenvalue weighted by molar-refractivity contribution is 7.99. The van der Waals surface area contributed by atoms with Crippen LogP contribution in [0, 0.1) is 5.21 Å². The van der Waals surface area contributed by atoms with E-state index in [1.807, 2.05) is 20.8 Å². The first-order valence-electron chi connectivity index (χ1n) is 5.71. The van der Waals surface area contributed by atoms with Gasteiger partial charge in [-0.25, -0.2) is 4.79 Å². The van der Waals surface area contributed by atoms with E-state index in [0.29, 0.717) is 9.76 Å². The minimum Gasteiger partial charge on any atom is -0.618 e. The maximum Gasteiger partial charge on any atom is 0.321 e. The van der Waals surface area contributed by atoms with Gasteiger partial charge in [0.15, 0.2) is 6.20 Å². The van der Waals surface area contributed by atoms with Gasteiger partial charge in [-0.3, -0.25) is 10.1 Å². The molecule has 0 radical (unpaired) electrons. The summed E-state index contributed by atoms with van der Waals surface area (Å²) < 4.78 is 0.674. The molecule has 0 fully saturated rings. The topological polar surface area (TPSA) is 85.1 Å². The van der Waals surface area contributed by atoms with Gasteiger partial charge in [-0.15, -0.1) is 0 Å². The Balaban J connectivity index is 2.40. The van der Waals surface area contributed by atoms with Crippen LogP contribution in [0.25, 0.3) is 0 Å². The van der Waals surface area contributed by atoms with Crippen LogP contribution in [0.15, 0.2) is 29.4 Å². The Morgan fingerprint density at radius 2 is 2.05 bits per heavy atom. The van der Waals surface area contributed by atoms with E-state index in [9.17, 15) is 14.8 Å². The largest absolute Gasteiger partial charge is 0.618 e. The van der Waals surface area contributed by atoms with Gasteiger partial charge < -0.3 is 10.5 Å². The third kappa shape index (κ3) is 6.10. The number of thioether (sulfide) groups is 1. The van der Waals surface area contributed by atoms with Crippen molar-refractivity contribution >= 4 is 23.7 Å². The summed E-state index contributed by atoms with van der Waals surface area (Å²) in [6.07, 6.45) is 1.35. The van der Waals surface area contributed by atoms with E-state index < -0.39 is 17.5 Å². The van der Waals surface area contributed by atoms with Crippen molar-refractivity contribution in [3.05, 3.63) is 29.6 Å². The summed E-state index contributed by atoms with van der Waals surface area (Å²) in [6.45, 7) is 5.45. The van der Waals surface area contributed by atoms with E-state index in [1.165, 1.54) is 6.20 Å². The van der Waals surface area contributed by atoms with Crippen molar-refractivity contribution < 1.29 is 14.3 Å². The molecule has 0 unspecified atom stereocenters. The second kappa shape index (κ2) is 6.42. The molecule has 0 spiro atoms. The van der Waals surface area contributed by atoms with Crippen LogP contribution in [0.2, 0.25) is 0 Å². The van der Waals surface area contributed by atoms with Crippen LogP contribution in [-0.2, 0) is 4.79 Å². The van der Waals surface area contributed by atoms with Crippen LogP contribution in [0.1, 0.15) is 20.8 Å². The maximum atomic E-state index is 11.5. The first kappa shape index (κ1) is 15.3. The number of nitrogens with zero attached hydrogens (tertiary/aromatic N) is 1. The Bertz CT molecular complexity index is 472. The highest BCUT2D eigenvalue weighted by atomic mass is 32.2. The van der Waals surface area contributed by atoms with Crippen molar-refractivity contribution in [1.82, 2.24) is 10.6 Å². The molecule has 2 N–H and O–H groups in total. The molecular formula is C12H17N3O3S. The molecule has 1 heterocycles. The molecular weight excluding hydrogens is 266 g/mol. The van der Waals surface area contributed by atoms with E-state index in [1.54, 1.807) is 18.2 Å². The molecule has 6 nitrogen and oxygen atoms in total. The molecule has 19 heavy (non-hydrogen) atoms. The summed E-state index contributed by atoms with van der Waals surface area (Å²) in [5.41, 5.74) is -0.408. The zero-order valence-electron chi connectivity index (χ0n) is 11.1. The average molecular weight is 283 g/mol. The molecule has 1 rings (SSSR count). The Labute approximate surface area is 116 Å². The van der Waals surface area contributed by atoms with Gasteiger partial charge in [0.2, 0.25) is 5.91 Å². The number of amides is 3. The lowest BCUT2D eigenvalue weighted by atomic mass is 10.1. The van der Waals surface area contributed by atoms with E-state index >= 15 is 0 Å². The number of carbonyl (C=O) groups excluding carboxylic acids is 2. The number of urea groups is 1. The zero-order chi connectivity index (χ0) is 14.5. The predicted octanol–water partition coefficient (Wildman–Crippen LogP) is 1.04. The summed E-state index contributed by atoms with van der Waals surface area (Å²) in [4.78, 5) is 22.9. The van der Waals surface area contributed by atoms with Crippen molar-refractivity contribution in [2.75, 3.05) is 5.75 Å². The fourth-order valence-electron chi connectivity index (χ4n) is 1.20. The number of carbonyl (C=O) groups is 2. The Morgan fingerprint density at radius 1 is 1.37 bits per heavy atom. The molecule has 0 saturated heterocycles. The highest BCUT2D eigenvalue weighted by Gasteiger charge is 2.16.